The van der Waals surface area contributed by atoms with Gasteiger partial charge in [0, 0.05) is 15.6 Å². The van der Waals surface area contributed by atoms with Gasteiger partial charge >= 0.3 is 11.9 Å². The molecule has 2 aromatic rings. The molecule has 0 fully saturated rings. The van der Waals surface area contributed by atoms with Crippen LogP contribution in [0.25, 0.3) is 11.6 Å². The molecule has 0 spiro atoms. The largest absolute Gasteiger partial charge is 0.496 e. The van der Waals surface area contributed by atoms with E-state index in [1.807, 2.05) is 0 Å². The van der Waals surface area contributed by atoms with Crippen LogP contribution in [0.3, 0.4) is 0 Å². The van der Waals surface area contributed by atoms with Crippen molar-refractivity contribution in [2.45, 2.75) is 0 Å². The van der Waals surface area contributed by atoms with Gasteiger partial charge in [-0.1, -0.05) is 22.0 Å². The van der Waals surface area contributed by atoms with Crippen LogP contribution in [0.1, 0.15) is 21.5 Å². The summed E-state index contributed by atoms with van der Waals surface area (Å²) in [5, 5.41) is 9.61. The third-order valence-corrected chi connectivity index (χ3v) is 4.65. The van der Waals surface area contributed by atoms with Crippen LogP contribution in [0.4, 0.5) is 0 Å². The molecule has 0 aliphatic carbocycles. The Morgan fingerprint density at radius 3 is 2.41 bits per heavy atom. The lowest BCUT2D eigenvalue weighted by Gasteiger charge is -2.13. The third kappa shape index (κ3) is 3.61. The minimum Gasteiger partial charge on any atom is -0.496 e. The molecule has 0 saturated heterocycles. The van der Waals surface area contributed by atoms with Crippen molar-refractivity contribution < 1.29 is 33.6 Å². The first-order valence-electron chi connectivity index (χ1n) is 7.76. The van der Waals surface area contributed by atoms with Gasteiger partial charge in [-0.05, 0) is 30.3 Å². The Morgan fingerprint density at radius 1 is 1.15 bits per heavy atom. The van der Waals surface area contributed by atoms with Crippen molar-refractivity contribution in [3.05, 3.63) is 51.5 Å². The first kappa shape index (κ1) is 18.8. The molecule has 2 aromatic carbocycles. The molecular formula is C19H15BrO7. The maximum absolute atomic E-state index is 12.5. The van der Waals surface area contributed by atoms with Crippen molar-refractivity contribution in [1.82, 2.24) is 0 Å². The predicted octanol–water partition coefficient (Wildman–Crippen LogP) is 3.60. The van der Waals surface area contributed by atoms with E-state index in [2.05, 4.69) is 15.9 Å². The van der Waals surface area contributed by atoms with Crippen molar-refractivity contribution in [2.24, 2.45) is 0 Å². The van der Waals surface area contributed by atoms with Crippen molar-refractivity contribution in [3.8, 4) is 17.2 Å². The zero-order valence-corrected chi connectivity index (χ0v) is 16.0. The van der Waals surface area contributed by atoms with Gasteiger partial charge in [0.15, 0.2) is 11.5 Å². The van der Waals surface area contributed by atoms with Crippen molar-refractivity contribution in [3.63, 3.8) is 0 Å². The number of hydrogen-bond donors (Lipinski definition) is 1. The number of carboxylic acids is 1. The van der Waals surface area contributed by atoms with E-state index in [0.717, 1.165) is 0 Å². The van der Waals surface area contributed by atoms with Crippen LogP contribution in [0.5, 0.6) is 17.2 Å². The topological polar surface area (TPSA) is 91.3 Å². The molecule has 0 saturated carbocycles. The van der Waals surface area contributed by atoms with Gasteiger partial charge in [0.05, 0.1) is 25.4 Å². The minimum atomic E-state index is -1.21. The fourth-order valence-electron chi connectivity index (χ4n) is 2.68. The Bertz CT molecular complexity index is 949. The van der Waals surface area contributed by atoms with Crippen molar-refractivity contribution >= 4 is 39.5 Å². The second kappa shape index (κ2) is 7.71. The average molecular weight is 435 g/mol. The summed E-state index contributed by atoms with van der Waals surface area (Å²) in [6.45, 7) is -0.0207. The molecule has 1 N–H and O–H groups in total. The van der Waals surface area contributed by atoms with Gasteiger partial charge in [0.1, 0.15) is 5.75 Å². The van der Waals surface area contributed by atoms with E-state index in [4.69, 9.17) is 18.9 Å². The zero-order valence-electron chi connectivity index (χ0n) is 14.4. The second-order valence-corrected chi connectivity index (χ2v) is 6.32. The van der Waals surface area contributed by atoms with E-state index in [1.54, 1.807) is 18.2 Å². The molecule has 1 aliphatic rings. The molecule has 27 heavy (non-hydrogen) atoms. The zero-order chi connectivity index (χ0) is 19.6. The molecule has 7 nitrogen and oxygen atoms in total. The smallest absolute Gasteiger partial charge is 0.338 e. The number of carbonyl (C=O) groups excluding carboxylic acids is 1. The number of halogens is 1. The molecule has 0 aromatic heterocycles. The monoisotopic (exact) mass is 434 g/mol. The van der Waals surface area contributed by atoms with Gasteiger partial charge in [-0.25, -0.2) is 9.59 Å². The lowest BCUT2D eigenvalue weighted by Crippen LogP contribution is -2.09. The van der Waals surface area contributed by atoms with Gasteiger partial charge in [0.25, 0.3) is 0 Å². The highest BCUT2D eigenvalue weighted by atomic mass is 79.9. The number of carboxylic acid groups (broad SMARTS) is 1. The quantitative estimate of drug-likeness (QED) is 0.436. The van der Waals surface area contributed by atoms with Gasteiger partial charge in [0.2, 0.25) is 6.79 Å². The van der Waals surface area contributed by atoms with Crippen molar-refractivity contribution in [2.75, 3.05) is 21.0 Å². The van der Waals surface area contributed by atoms with Crippen LogP contribution >= 0.6 is 15.9 Å². The predicted molar refractivity (Wildman–Crippen MR) is 100 cm³/mol. The molecule has 1 heterocycles. The summed E-state index contributed by atoms with van der Waals surface area (Å²) < 4.78 is 21.4. The van der Waals surface area contributed by atoms with E-state index in [1.165, 1.54) is 32.4 Å². The maximum Gasteiger partial charge on any atom is 0.338 e. The number of fused-ring (bicyclic) bond motifs is 1. The molecule has 0 atom stereocenters. The lowest BCUT2D eigenvalue weighted by atomic mass is 9.96. The number of ether oxygens (including phenoxy) is 4. The lowest BCUT2D eigenvalue weighted by molar-refractivity contribution is -0.133. The minimum absolute atomic E-state index is 0.0207. The molecular weight excluding hydrogens is 420 g/mol. The Kier molecular flexibility index (Phi) is 5.36. The number of aromatic carboxylic acids is 1. The Hall–Kier alpha value is -3.00. The molecule has 0 unspecified atom stereocenters. The van der Waals surface area contributed by atoms with Gasteiger partial charge in [-0.3, -0.25) is 0 Å². The number of rotatable bonds is 5. The molecule has 0 radical (unpaired) electrons. The van der Waals surface area contributed by atoms with E-state index < -0.39 is 11.9 Å². The fourth-order valence-corrected chi connectivity index (χ4v) is 3.14. The molecule has 3 rings (SSSR count). The number of benzene rings is 2. The first-order chi connectivity index (χ1) is 13.0. The van der Waals surface area contributed by atoms with E-state index >= 15 is 0 Å². The number of hydrogen-bond acceptors (Lipinski definition) is 6. The van der Waals surface area contributed by atoms with Crippen LogP contribution in [-0.4, -0.2) is 38.1 Å². The first-order valence-corrected chi connectivity index (χ1v) is 8.55. The van der Waals surface area contributed by atoms with Crippen LogP contribution in [0.15, 0.2) is 34.8 Å². The number of methoxy groups -OCH3 is 2. The summed E-state index contributed by atoms with van der Waals surface area (Å²) in [6.07, 6.45) is 1.51. The molecule has 140 valence electrons. The summed E-state index contributed by atoms with van der Waals surface area (Å²) in [7, 11) is 2.72. The molecule has 1 aliphatic heterocycles. The molecule has 0 bridgehead atoms. The fraction of sp³-hybridized carbons (Fsp3) is 0.158. The van der Waals surface area contributed by atoms with E-state index in [-0.39, 0.29) is 23.5 Å². The van der Waals surface area contributed by atoms with Crippen molar-refractivity contribution in [1.29, 1.82) is 0 Å². The summed E-state index contributed by atoms with van der Waals surface area (Å²) in [6, 6.07) is 8.07. The van der Waals surface area contributed by atoms with Crippen LogP contribution in [-0.2, 0) is 9.53 Å². The third-order valence-electron chi connectivity index (χ3n) is 3.96. The molecule has 8 heteroatoms. The summed E-state index contributed by atoms with van der Waals surface area (Å²) >= 11 is 3.42. The standard InChI is InChI=1S/C19H15BrO7/c1-24-15-5-3-4-14(20)13(15)6-12(19(23)25-2)10-7-16-17(27-9-26-16)8-11(10)18(21)22/h3-8H,9H2,1-2H3,(H,21,22)/b12-6+. The van der Waals surface area contributed by atoms with E-state index in [9.17, 15) is 14.7 Å². The van der Waals surface area contributed by atoms with Crippen LogP contribution in [0, 0.1) is 0 Å². The number of esters is 1. The van der Waals surface area contributed by atoms with Gasteiger partial charge in [-0.2, -0.15) is 0 Å². The summed E-state index contributed by atoms with van der Waals surface area (Å²) in [5.41, 5.74) is 0.645. The second-order valence-electron chi connectivity index (χ2n) is 5.46. The Balaban J connectivity index is 2.27. The average Bonchev–Trinajstić information content (AvgIpc) is 3.12. The summed E-state index contributed by atoms with van der Waals surface area (Å²) in [4.78, 5) is 24.3. The highest BCUT2D eigenvalue weighted by molar-refractivity contribution is 9.10. The summed E-state index contributed by atoms with van der Waals surface area (Å²) in [5.74, 6) is -0.752. The number of carbonyl (C=O) groups is 2. The van der Waals surface area contributed by atoms with Gasteiger partial charge in [-0.15, -0.1) is 0 Å². The Labute approximate surface area is 163 Å². The van der Waals surface area contributed by atoms with Crippen LogP contribution in [0.2, 0.25) is 0 Å². The maximum atomic E-state index is 12.5. The van der Waals surface area contributed by atoms with Crippen LogP contribution < -0.4 is 14.2 Å². The SMILES string of the molecule is COC(=O)/C(=C/c1c(Br)cccc1OC)c1cc2c(cc1C(=O)O)OCO2. The normalized spacial score (nSPS) is 12.6. The highest BCUT2D eigenvalue weighted by Gasteiger charge is 2.26. The highest BCUT2D eigenvalue weighted by Crippen LogP contribution is 2.39. The van der Waals surface area contributed by atoms with Gasteiger partial charge < -0.3 is 24.1 Å². The molecule has 0 amide bonds. The van der Waals surface area contributed by atoms with E-state index in [0.29, 0.717) is 27.3 Å². The Morgan fingerprint density at radius 2 is 1.81 bits per heavy atom.